The van der Waals surface area contributed by atoms with Crippen molar-refractivity contribution in [2.24, 2.45) is 5.92 Å². The molecule has 1 heterocycles. The first-order chi connectivity index (χ1) is 6.70. The Hall–Kier alpha value is 0.190. The van der Waals surface area contributed by atoms with Crippen molar-refractivity contribution in [1.29, 1.82) is 0 Å². The molecule has 3 unspecified atom stereocenters. The molecule has 0 saturated carbocycles. The SMILES string of the molecule is C[C@H]1C(CO)OC(OCCCS)C1O. The second-order valence-electron chi connectivity index (χ2n) is 3.52. The lowest BCUT2D eigenvalue weighted by atomic mass is 10.0. The van der Waals surface area contributed by atoms with E-state index in [0.29, 0.717) is 6.61 Å². The molecule has 4 atom stereocenters. The summed E-state index contributed by atoms with van der Waals surface area (Å²) in [6.45, 7) is 2.29. The summed E-state index contributed by atoms with van der Waals surface area (Å²) in [5.74, 6) is 0.669. The summed E-state index contributed by atoms with van der Waals surface area (Å²) in [5.41, 5.74) is 0. The van der Waals surface area contributed by atoms with E-state index in [2.05, 4.69) is 12.6 Å². The summed E-state index contributed by atoms with van der Waals surface area (Å²) in [7, 11) is 0. The number of hydrogen-bond acceptors (Lipinski definition) is 5. The smallest absolute Gasteiger partial charge is 0.184 e. The fraction of sp³-hybridized carbons (Fsp3) is 1.00. The number of aliphatic hydroxyl groups excluding tert-OH is 2. The summed E-state index contributed by atoms with van der Waals surface area (Å²) in [5, 5.41) is 18.6. The number of rotatable bonds is 5. The van der Waals surface area contributed by atoms with Crippen LogP contribution in [0.3, 0.4) is 0 Å². The molecule has 1 rings (SSSR count). The van der Waals surface area contributed by atoms with Crippen LogP contribution in [0.5, 0.6) is 0 Å². The van der Waals surface area contributed by atoms with Gasteiger partial charge in [-0.25, -0.2) is 0 Å². The van der Waals surface area contributed by atoms with Gasteiger partial charge in [-0.05, 0) is 12.2 Å². The quantitative estimate of drug-likeness (QED) is 0.454. The Labute approximate surface area is 89.6 Å². The number of aliphatic hydroxyl groups is 2. The minimum Gasteiger partial charge on any atom is -0.394 e. The topological polar surface area (TPSA) is 58.9 Å². The van der Waals surface area contributed by atoms with E-state index in [-0.39, 0.29) is 18.6 Å². The van der Waals surface area contributed by atoms with Gasteiger partial charge in [-0.2, -0.15) is 12.6 Å². The third-order valence-corrected chi connectivity index (χ3v) is 2.79. The molecule has 1 aliphatic rings. The standard InChI is InChI=1S/C9H18O4S/c1-6-7(5-10)13-9(8(6)11)12-3-2-4-14/h6-11,14H,2-5H2,1H3/t6-,7?,8?,9?/m0/s1. The molecular formula is C9H18O4S. The molecule has 84 valence electrons. The zero-order valence-electron chi connectivity index (χ0n) is 8.30. The molecule has 0 aromatic rings. The van der Waals surface area contributed by atoms with Crippen molar-refractivity contribution in [1.82, 2.24) is 0 Å². The van der Waals surface area contributed by atoms with Crippen molar-refractivity contribution in [3.63, 3.8) is 0 Å². The van der Waals surface area contributed by atoms with Gasteiger partial charge in [0.25, 0.3) is 0 Å². The lowest BCUT2D eigenvalue weighted by Crippen LogP contribution is -2.28. The lowest BCUT2D eigenvalue weighted by Gasteiger charge is -2.15. The van der Waals surface area contributed by atoms with Crippen LogP contribution in [0.2, 0.25) is 0 Å². The van der Waals surface area contributed by atoms with Gasteiger partial charge in [-0.1, -0.05) is 6.92 Å². The van der Waals surface area contributed by atoms with Crippen LogP contribution in [0.15, 0.2) is 0 Å². The van der Waals surface area contributed by atoms with Crippen LogP contribution in [0, 0.1) is 5.92 Å². The zero-order valence-corrected chi connectivity index (χ0v) is 9.19. The van der Waals surface area contributed by atoms with E-state index in [1.165, 1.54) is 0 Å². The van der Waals surface area contributed by atoms with Crippen molar-refractivity contribution in [3.8, 4) is 0 Å². The Morgan fingerprint density at radius 2 is 2.21 bits per heavy atom. The highest BCUT2D eigenvalue weighted by Gasteiger charge is 2.40. The van der Waals surface area contributed by atoms with E-state index in [1.807, 2.05) is 6.92 Å². The van der Waals surface area contributed by atoms with Crippen LogP contribution in [0.25, 0.3) is 0 Å². The Bertz CT molecular complexity index is 167. The molecule has 1 saturated heterocycles. The van der Waals surface area contributed by atoms with Gasteiger partial charge in [0.2, 0.25) is 0 Å². The number of hydrogen-bond donors (Lipinski definition) is 3. The van der Waals surface area contributed by atoms with E-state index in [0.717, 1.165) is 12.2 Å². The van der Waals surface area contributed by atoms with Gasteiger partial charge >= 0.3 is 0 Å². The van der Waals surface area contributed by atoms with Gasteiger partial charge in [0, 0.05) is 5.92 Å². The van der Waals surface area contributed by atoms with E-state index in [1.54, 1.807) is 0 Å². The third-order valence-electron chi connectivity index (χ3n) is 2.48. The van der Waals surface area contributed by atoms with Crippen LogP contribution in [0.4, 0.5) is 0 Å². The molecule has 0 amide bonds. The van der Waals surface area contributed by atoms with E-state index < -0.39 is 12.4 Å². The average molecular weight is 222 g/mol. The highest BCUT2D eigenvalue weighted by Crippen LogP contribution is 2.27. The van der Waals surface area contributed by atoms with Crippen molar-refractivity contribution in [3.05, 3.63) is 0 Å². The molecule has 4 nitrogen and oxygen atoms in total. The first-order valence-electron chi connectivity index (χ1n) is 4.87. The monoisotopic (exact) mass is 222 g/mol. The Morgan fingerprint density at radius 3 is 2.71 bits per heavy atom. The van der Waals surface area contributed by atoms with E-state index >= 15 is 0 Å². The Balaban J connectivity index is 2.32. The van der Waals surface area contributed by atoms with Crippen LogP contribution in [0.1, 0.15) is 13.3 Å². The molecule has 1 aliphatic heterocycles. The summed E-state index contributed by atoms with van der Waals surface area (Å²) >= 11 is 4.05. The van der Waals surface area contributed by atoms with Crippen molar-refractivity contribution >= 4 is 12.6 Å². The van der Waals surface area contributed by atoms with Crippen molar-refractivity contribution in [2.45, 2.75) is 31.8 Å². The molecule has 2 N–H and O–H groups in total. The molecule has 0 aliphatic carbocycles. The van der Waals surface area contributed by atoms with Gasteiger partial charge in [0.05, 0.1) is 19.3 Å². The Kier molecular flexibility index (Phi) is 5.19. The average Bonchev–Trinajstić information content (AvgIpc) is 2.46. The van der Waals surface area contributed by atoms with Crippen LogP contribution < -0.4 is 0 Å². The molecule has 1 fully saturated rings. The number of ether oxygens (including phenoxy) is 2. The lowest BCUT2D eigenvalue weighted by molar-refractivity contribution is -0.168. The van der Waals surface area contributed by atoms with Crippen LogP contribution in [-0.4, -0.2) is 47.7 Å². The summed E-state index contributed by atoms with van der Waals surface area (Å²) < 4.78 is 10.7. The van der Waals surface area contributed by atoms with E-state index in [4.69, 9.17) is 14.6 Å². The fourth-order valence-electron chi connectivity index (χ4n) is 1.46. The maximum absolute atomic E-state index is 9.68. The van der Waals surface area contributed by atoms with Crippen molar-refractivity contribution < 1.29 is 19.7 Å². The molecule has 0 radical (unpaired) electrons. The van der Waals surface area contributed by atoms with Crippen LogP contribution in [-0.2, 0) is 9.47 Å². The van der Waals surface area contributed by atoms with Gasteiger partial charge < -0.3 is 19.7 Å². The summed E-state index contributed by atoms with van der Waals surface area (Å²) in [4.78, 5) is 0. The van der Waals surface area contributed by atoms with Crippen LogP contribution >= 0.6 is 12.6 Å². The molecule has 0 spiro atoms. The zero-order chi connectivity index (χ0) is 10.6. The molecule has 0 aromatic heterocycles. The highest BCUT2D eigenvalue weighted by molar-refractivity contribution is 7.80. The second-order valence-corrected chi connectivity index (χ2v) is 3.97. The fourth-order valence-corrected chi connectivity index (χ4v) is 1.58. The van der Waals surface area contributed by atoms with Gasteiger partial charge in [0.1, 0.15) is 6.10 Å². The van der Waals surface area contributed by atoms with Gasteiger partial charge in [0.15, 0.2) is 6.29 Å². The van der Waals surface area contributed by atoms with Crippen molar-refractivity contribution in [2.75, 3.05) is 19.0 Å². The molecule has 0 aromatic carbocycles. The highest BCUT2D eigenvalue weighted by atomic mass is 32.1. The largest absolute Gasteiger partial charge is 0.394 e. The second kappa shape index (κ2) is 5.92. The van der Waals surface area contributed by atoms with E-state index in [9.17, 15) is 5.11 Å². The molecule has 0 bridgehead atoms. The maximum Gasteiger partial charge on any atom is 0.184 e. The van der Waals surface area contributed by atoms with Gasteiger partial charge in [-0.3, -0.25) is 0 Å². The first kappa shape index (κ1) is 12.3. The van der Waals surface area contributed by atoms with Gasteiger partial charge in [-0.15, -0.1) is 0 Å². The molecule has 5 heteroatoms. The molecule has 14 heavy (non-hydrogen) atoms. The Morgan fingerprint density at radius 1 is 1.50 bits per heavy atom. The predicted octanol–water partition coefficient (Wildman–Crippen LogP) is 0.0371. The normalized spacial score (nSPS) is 37.7. The third kappa shape index (κ3) is 2.84. The summed E-state index contributed by atoms with van der Waals surface area (Å²) in [6.07, 6.45) is -0.728. The predicted molar refractivity (Wildman–Crippen MR) is 55.3 cm³/mol. The first-order valence-corrected chi connectivity index (χ1v) is 5.50. The molecular weight excluding hydrogens is 204 g/mol. The minimum atomic E-state index is -0.646. The minimum absolute atomic E-state index is 0.0787. The summed E-state index contributed by atoms with van der Waals surface area (Å²) in [6, 6.07) is 0. The maximum atomic E-state index is 9.68. The number of thiol groups is 1.